The highest BCUT2D eigenvalue weighted by Gasteiger charge is 2.31. The van der Waals surface area contributed by atoms with E-state index in [4.69, 9.17) is 16.3 Å². The van der Waals surface area contributed by atoms with Crippen molar-refractivity contribution in [2.24, 2.45) is 0 Å². The Morgan fingerprint density at radius 1 is 1.37 bits per heavy atom. The van der Waals surface area contributed by atoms with Crippen molar-refractivity contribution in [3.63, 3.8) is 0 Å². The van der Waals surface area contributed by atoms with E-state index < -0.39 is 10.0 Å². The molecule has 2 rings (SSSR count). The van der Waals surface area contributed by atoms with Gasteiger partial charge in [0.1, 0.15) is 5.75 Å². The van der Waals surface area contributed by atoms with Crippen molar-refractivity contribution in [1.29, 1.82) is 0 Å². The fraction of sp³-hybridized carbons (Fsp3) is 0.538. The lowest BCUT2D eigenvalue weighted by Crippen LogP contribution is -2.41. The van der Waals surface area contributed by atoms with Gasteiger partial charge in [0, 0.05) is 18.7 Å². The van der Waals surface area contributed by atoms with Crippen LogP contribution in [0.2, 0.25) is 5.02 Å². The Labute approximate surface area is 119 Å². The fourth-order valence-corrected chi connectivity index (χ4v) is 4.27. The first-order valence-corrected chi connectivity index (χ1v) is 8.14. The van der Waals surface area contributed by atoms with Crippen molar-refractivity contribution in [2.45, 2.75) is 37.1 Å². The van der Waals surface area contributed by atoms with Crippen LogP contribution in [0.25, 0.3) is 0 Å². The molecule has 0 bridgehead atoms. The lowest BCUT2D eigenvalue weighted by molar-refractivity contribution is 0.268. The van der Waals surface area contributed by atoms with Crippen LogP contribution in [0.1, 0.15) is 26.2 Å². The van der Waals surface area contributed by atoms with Gasteiger partial charge < -0.3 is 4.74 Å². The molecule has 1 fully saturated rings. The molecule has 19 heavy (non-hydrogen) atoms. The topological polar surface area (TPSA) is 46.6 Å². The maximum Gasteiger partial charge on any atom is 0.243 e. The van der Waals surface area contributed by atoms with Gasteiger partial charge in [0.25, 0.3) is 0 Å². The average Bonchev–Trinajstić information content (AvgIpc) is 2.39. The summed E-state index contributed by atoms with van der Waals surface area (Å²) in [5.41, 5.74) is 0. The molecule has 1 atom stereocenters. The Kier molecular flexibility index (Phi) is 4.38. The molecule has 0 aliphatic carbocycles. The van der Waals surface area contributed by atoms with Gasteiger partial charge in [-0.25, -0.2) is 8.42 Å². The number of methoxy groups -OCH3 is 1. The van der Waals surface area contributed by atoms with Crippen molar-refractivity contribution in [3.8, 4) is 5.75 Å². The molecule has 1 aromatic carbocycles. The zero-order chi connectivity index (χ0) is 14.0. The number of nitrogens with zero attached hydrogens (tertiary/aromatic N) is 1. The van der Waals surface area contributed by atoms with E-state index in [1.165, 1.54) is 19.2 Å². The summed E-state index contributed by atoms with van der Waals surface area (Å²) < 4.78 is 31.9. The van der Waals surface area contributed by atoms with Crippen LogP contribution in [-0.4, -0.2) is 32.4 Å². The van der Waals surface area contributed by atoms with Crippen LogP contribution >= 0.6 is 11.6 Å². The number of sulfonamides is 1. The Hall–Kier alpha value is -0.780. The van der Waals surface area contributed by atoms with E-state index in [0.29, 0.717) is 17.3 Å². The van der Waals surface area contributed by atoms with Crippen LogP contribution in [0.3, 0.4) is 0 Å². The van der Waals surface area contributed by atoms with Crippen LogP contribution in [0.4, 0.5) is 0 Å². The maximum atomic E-state index is 12.6. The molecular formula is C13H18ClNO3S. The Balaban J connectivity index is 2.38. The molecule has 0 radical (unpaired) electrons. The van der Waals surface area contributed by atoms with Gasteiger partial charge in [-0.2, -0.15) is 4.31 Å². The minimum atomic E-state index is -3.47. The second-order valence-electron chi connectivity index (χ2n) is 4.76. The highest BCUT2D eigenvalue weighted by molar-refractivity contribution is 7.89. The van der Waals surface area contributed by atoms with E-state index in [1.807, 2.05) is 6.92 Å². The number of rotatable bonds is 3. The minimum absolute atomic E-state index is 0.0421. The summed E-state index contributed by atoms with van der Waals surface area (Å²) in [6.07, 6.45) is 2.90. The quantitative estimate of drug-likeness (QED) is 0.862. The number of piperidine rings is 1. The summed E-state index contributed by atoms with van der Waals surface area (Å²) in [7, 11) is -1.99. The van der Waals surface area contributed by atoms with Crippen molar-refractivity contribution < 1.29 is 13.2 Å². The third-order valence-corrected chi connectivity index (χ3v) is 5.79. The zero-order valence-corrected chi connectivity index (χ0v) is 12.7. The molecule has 0 aromatic heterocycles. The molecule has 0 unspecified atom stereocenters. The van der Waals surface area contributed by atoms with E-state index in [-0.39, 0.29) is 10.9 Å². The van der Waals surface area contributed by atoms with Crippen LogP contribution in [0.5, 0.6) is 5.75 Å². The summed E-state index contributed by atoms with van der Waals surface area (Å²) in [5, 5.41) is 0.410. The molecule has 1 aliphatic heterocycles. The molecule has 106 valence electrons. The van der Waals surface area contributed by atoms with Gasteiger partial charge in [0.2, 0.25) is 10.0 Å². The molecule has 1 saturated heterocycles. The summed E-state index contributed by atoms with van der Waals surface area (Å²) in [6.45, 7) is 2.53. The Morgan fingerprint density at radius 3 is 2.74 bits per heavy atom. The molecule has 0 saturated carbocycles. The van der Waals surface area contributed by atoms with Crippen molar-refractivity contribution in [2.75, 3.05) is 13.7 Å². The smallest absolute Gasteiger partial charge is 0.243 e. The van der Waals surface area contributed by atoms with Gasteiger partial charge in [-0.15, -0.1) is 0 Å². The Morgan fingerprint density at radius 2 is 2.11 bits per heavy atom. The highest BCUT2D eigenvalue weighted by atomic mass is 35.5. The highest BCUT2D eigenvalue weighted by Crippen LogP contribution is 2.30. The van der Waals surface area contributed by atoms with Crippen LogP contribution in [-0.2, 0) is 10.0 Å². The number of halogens is 1. The molecule has 1 aromatic rings. The van der Waals surface area contributed by atoms with E-state index in [0.717, 1.165) is 19.3 Å². The molecule has 0 amide bonds. The molecule has 4 nitrogen and oxygen atoms in total. The number of hydrogen-bond acceptors (Lipinski definition) is 3. The predicted octanol–water partition coefficient (Wildman–Crippen LogP) is 2.91. The second kappa shape index (κ2) is 5.69. The summed E-state index contributed by atoms with van der Waals surface area (Å²) in [5.74, 6) is 0.382. The van der Waals surface area contributed by atoms with Gasteiger partial charge in [0.15, 0.2) is 0 Å². The fourth-order valence-electron chi connectivity index (χ4n) is 2.36. The molecular weight excluding hydrogens is 286 g/mol. The third-order valence-electron chi connectivity index (χ3n) is 3.47. The normalized spacial score (nSPS) is 21.3. The summed E-state index contributed by atoms with van der Waals surface area (Å²) in [6, 6.07) is 4.61. The molecule has 0 spiro atoms. The van der Waals surface area contributed by atoms with Gasteiger partial charge in [0.05, 0.1) is 17.0 Å². The number of ether oxygens (including phenoxy) is 1. The largest absolute Gasteiger partial charge is 0.495 e. The number of hydrogen-bond donors (Lipinski definition) is 0. The first-order valence-electron chi connectivity index (χ1n) is 6.32. The van der Waals surface area contributed by atoms with Crippen molar-refractivity contribution in [1.82, 2.24) is 4.31 Å². The lowest BCUT2D eigenvalue weighted by atomic mass is 10.1. The van der Waals surface area contributed by atoms with Crippen LogP contribution < -0.4 is 4.74 Å². The number of benzene rings is 1. The standard InChI is InChI=1S/C13H18ClNO3S/c1-10-5-3-4-8-15(10)19(16,17)11-6-7-12(14)13(9-11)18-2/h6-7,9-10H,3-5,8H2,1-2H3/t10-/m1/s1. The van der Waals surface area contributed by atoms with Crippen molar-refractivity contribution in [3.05, 3.63) is 23.2 Å². The Bertz CT molecular complexity index is 559. The van der Waals surface area contributed by atoms with Crippen LogP contribution in [0.15, 0.2) is 23.1 Å². The molecule has 1 heterocycles. The SMILES string of the molecule is COc1cc(S(=O)(=O)N2CCCC[C@H]2C)ccc1Cl. The molecule has 1 aliphatic rings. The van der Waals surface area contributed by atoms with Gasteiger partial charge >= 0.3 is 0 Å². The maximum absolute atomic E-state index is 12.6. The van der Waals surface area contributed by atoms with E-state index in [1.54, 1.807) is 10.4 Å². The first-order chi connectivity index (χ1) is 8.96. The third kappa shape index (κ3) is 2.88. The predicted molar refractivity (Wildman–Crippen MR) is 75.2 cm³/mol. The zero-order valence-electron chi connectivity index (χ0n) is 11.1. The first kappa shape index (κ1) is 14.6. The lowest BCUT2D eigenvalue weighted by Gasteiger charge is -2.32. The van der Waals surface area contributed by atoms with E-state index >= 15 is 0 Å². The monoisotopic (exact) mass is 303 g/mol. The molecule has 0 N–H and O–H groups in total. The average molecular weight is 304 g/mol. The minimum Gasteiger partial charge on any atom is -0.495 e. The van der Waals surface area contributed by atoms with Crippen LogP contribution in [0, 0.1) is 0 Å². The van der Waals surface area contributed by atoms with Gasteiger partial charge in [-0.05, 0) is 31.9 Å². The van der Waals surface area contributed by atoms with E-state index in [2.05, 4.69) is 0 Å². The van der Waals surface area contributed by atoms with E-state index in [9.17, 15) is 8.42 Å². The van der Waals surface area contributed by atoms with Gasteiger partial charge in [-0.3, -0.25) is 0 Å². The summed E-state index contributed by atoms with van der Waals surface area (Å²) in [4.78, 5) is 0.238. The molecule has 6 heteroatoms. The van der Waals surface area contributed by atoms with Gasteiger partial charge in [-0.1, -0.05) is 18.0 Å². The summed E-state index contributed by atoms with van der Waals surface area (Å²) >= 11 is 5.93. The van der Waals surface area contributed by atoms with Crippen molar-refractivity contribution >= 4 is 21.6 Å². The second-order valence-corrected chi connectivity index (χ2v) is 7.05.